The number of methoxy groups -OCH3 is 1. The Morgan fingerprint density at radius 2 is 2.16 bits per heavy atom. The van der Waals surface area contributed by atoms with Gasteiger partial charge < -0.3 is 10.1 Å². The van der Waals surface area contributed by atoms with Gasteiger partial charge >= 0.3 is 0 Å². The van der Waals surface area contributed by atoms with Crippen molar-refractivity contribution < 1.29 is 4.74 Å². The highest BCUT2D eigenvalue weighted by Gasteiger charge is 2.04. The number of hydrogen-bond donors (Lipinski definition) is 1. The van der Waals surface area contributed by atoms with Crippen molar-refractivity contribution in [1.29, 1.82) is 0 Å². The van der Waals surface area contributed by atoms with Crippen LogP contribution in [0.2, 0.25) is 0 Å². The molecule has 1 rings (SSSR count). The molecule has 0 saturated carbocycles. The SMILES string of the molecule is CCCNC(CC)CCCSc1cccc(OC)c1. The molecule has 0 amide bonds. The summed E-state index contributed by atoms with van der Waals surface area (Å²) in [5.74, 6) is 2.12. The van der Waals surface area contributed by atoms with Crippen molar-refractivity contribution in [3.8, 4) is 5.75 Å². The second-order valence-electron chi connectivity index (χ2n) is 4.73. The van der Waals surface area contributed by atoms with Gasteiger partial charge in [0.05, 0.1) is 7.11 Å². The average Bonchev–Trinajstić information content (AvgIpc) is 2.47. The Morgan fingerprint density at radius 1 is 1.32 bits per heavy atom. The fourth-order valence-corrected chi connectivity index (χ4v) is 2.93. The molecule has 1 unspecified atom stereocenters. The lowest BCUT2D eigenvalue weighted by Gasteiger charge is -2.16. The van der Waals surface area contributed by atoms with Gasteiger partial charge in [-0.05, 0) is 56.2 Å². The minimum absolute atomic E-state index is 0.686. The van der Waals surface area contributed by atoms with Gasteiger partial charge in [-0.1, -0.05) is 19.9 Å². The first kappa shape index (κ1) is 16.4. The molecule has 3 heteroatoms. The number of hydrogen-bond acceptors (Lipinski definition) is 3. The second-order valence-corrected chi connectivity index (χ2v) is 5.90. The van der Waals surface area contributed by atoms with Crippen molar-refractivity contribution in [2.45, 2.75) is 50.5 Å². The molecule has 2 nitrogen and oxygen atoms in total. The molecule has 19 heavy (non-hydrogen) atoms. The summed E-state index contributed by atoms with van der Waals surface area (Å²) in [4.78, 5) is 1.30. The quantitative estimate of drug-likeness (QED) is 0.509. The van der Waals surface area contributed by atoms with Gasteiger partial charge in [-0.2, -0.15) is 0 Å². The van der Waals surface area contributed by atoms with Gasteiger partial charge in [-0.25, -0.2) is 0 Å². The van der Waals surface area contributed by atoms with E-state index in [0.717, 1.165) is 12.3 Å². The molecule has 108 valence electrons. The van der Waals surface area contributed by atoms with E-state index < -0.39 is 0 Å². The molecule has 0 bridgehead atoms. The van der Waals surface area contributed by atoms with Crippen molar-refractivity contribution in [3.63, 3.8) is 0 Å². The molecule has 0 aliphatic heterocycles. The largest absolute Gasteiger partial charge is 0.497 e. The molecule has 0 aliphatic rings. The summed E-state index contributed by atoms with van der Waals surface area (Å²) in [7, 11) is 1.72. The van der Waals surface area contributed by atoms with Crippen LogP contribution in [0.5, 0.6) is 5.75 Å². The minimum Gasteiger partial charge on any atom is -0.497 e. The summed E-state index contributed by atoms with van der Waals surface area (Å²) in [6, 6.07) is 8.99. The summed E-state index contributed by atoms with van der Waals surface area (Å²) in [6.07, 6.45) is 4.98. The Hall–Kier alpha value is -0.670. The first-order chi connectivity index (χ1) is 9.30. The Balaban J connectivity index is 2.21. The zero-order valence-electron chi connectivity index (χ0n) is 12.4. The lowest BCUT2D eigenvalue weighted by atomic mass is 10.1. The first-order valence-electron chi connectivity index (χ1n) is 7.30. The predicted octanol–water partition coefficient (Wildman–Crippen LogP) is 4.35. The van der Waals surface area contributed by atoms with Crippen molar-refractivity contribution in [2.75, 3.05) is 19.4 Å². The van der Waals surface area contributed by atoms with Crippen LogP contribution in [0, 0.1) is 0 Å². The summed E-state index contributed by atoms with van der Waals surface area (Å²) >= 11 is 1.92. The van der Waals surface area contributed by atoms with E-state index >= 15 is 0 Å². The van der Waals surface area contributed by atoms with Crippen molar-refractivity contribution in [2.24, 2.45) is 0 Å². The fourth-order valence-electron chi connectivity index (χ4n) is 2.01. The minimum atomic E-state index is 0.686. The molecule has 1 atom stereocenters. The van der Waals surface area contributed by atoms with E-state index in [9.17, 15) is 0 Å². The highest BCUT2D eigenvalue weighted by molar-refractivity contribution is 7.99. The molecule has 1 aromatic carbocycles. The fraction of sp³-hybridized carbons (Fsp3) is 0.625. The molecule has 0 fully saturated rings. The van der Waals surface area contributed by atoms with Gasteiger partial charge in [0.25, 0.3) is 0 Å². The van der Waals surface area contributed by atoms with Crippen LogP contribution in [0.25, 0.3) is 0 Å². The maximum atomic E-state index is 5.24. The summed E-state index contributed by atoms with van der Waals surface area (Å²) in [5.41, 5.74) is 0. The van der Waals surface area contributed by atoms with Crippen molar-refractivity contribution >= 4 is 11.8 Å². The van der Waals surface area contributed by atoms with E-state index in [1.807, 2.05) is 17.8 Å². The van der Waals surface area contributed by atoms with Crippen molar-refractivity contribution in [3.05, 3.63) is 24.3 Å². The molecule has 0 aliphatic carbocycles. The molecule has 0 heterocycles. The normalized spacial score (nSPS) is 12.4. The summed E-state index contributed by atoms with van der Waals surface area (Å²) < 4.78 is 5.24. The molecule has 0 aromatic heterocycles. The third kappa shape index (κ3) is 6.88. The third-order valence-corrected chi connectivity index (χ3v) is 4.26. The summed E-state index contributed by atoms with van der Waals surface area (Å²) in [5, 5.41) is 3.61. The number of thioether (sulfide) groups is 1. The van der Waals surface area contributed by atoms with E-state index in [4.69, 9.17) is 4.74 Å². The van der Waals surface area contributed by atoms with Gasteiger partial charge in [-0.15, -0.1) is 11.8 Å². The van der Waals surface area contributed by atoms with E-state index in [2.05, 4.69) is 37.4 Å². The topological polar surface area (TPSA) is 21.3 Å². The molecule has 0 radical (unpaired) electrons. The van der Waals surface area contributed by atoms with Crippen LogP contribution in [-0.4, -0.2) is 25.4 Å². The molecular formula is C16H27NOS. The number of nitrogens with one attached hydrogen (secondary N) is 1. The Labute approximate surface area is 122 Å². The van der Waals surface area contributed by atoms with Gasteiger partial charge in [0.2, 0.25) is 0 Å². The van der Waals surface area contributed by atoms with Crippen LogP contribution in [0.3, 0.4) is 0 Å². The number of ether oxygens (including phenoxy) is 1. The van der Waals surface area contributed by atoms with Gasteiger partial charge in [0.1, 0.15) is 5.75 Å². The molecule has 1 aromatic rings. The second kappa shape index (κ2) is 10.2. The highest BCUT2D eigenvalue weighted by atomic mass is 32.2. The van der Waals surface area contributed by atoms with Gasteiger partial charge in [0.15, 0.2) is 0 Å². The van der Waals surface area contributed by atoms with Crippen LogP contribution < -0.4 is 10.1 Å². The van der Waals surface area contributed by atoms with E-state index in [-0.39, 0.29) is 0 Å². The maximum Gasteiger partial charge on any atom is 0.119 e. The van der Waals surface area contributed by atoms with Gasteiger partial charge in [-0.3, -0.25) is 0 Å². The Morgan fingerprint density at radius 3 is 2.84 bits per heavy atom. The van der Waals surface area contributed by atoms with E-state index in [1.54, 1.807) is 7.11 Å². The zero-order chi connectivity index (χ0) is 13.9. The van der Waals surface area contributed by atoms with E-state index in [0.29, 0.717) is 6.04 Å². The van der Waals surface area contributed by atoms with Crippen LogP contribution in [-0.2, 0) is 0 Å². The Bertz CT molecular complexity index is 343. The maximum absolute atomic E-state index is 5.24. The standard InChI is InChI=1S/C16H27NOS/c1-4-11-17-14(5-2)8-7-12-19-16-10-6-9-15(13-16)18-3/h6,9-10,13-14,17H,4-5,7-8,11-12H2,1-3H3. The monoisotopic (exact) mass is 281 g/mol. The van der Waals surface area contributed by atoms with Gasteiger partial charge in [0, 0.05) is 10.9 Å². The lowest BCUT2D eigenvalue weighted by molar-refractivity contribution is 0.413. The molecule has 0 saturated heterocycles. The van der Waals surface area contributed by atoms with Crippen LogP contribution in [0.15, 0.2) is 29.2 Å². The first-order valence-corrected chi connectivity index (χ1v) is 8.29. The zero-order valence-corrected chi connectivity index (χ0v) is 13.3. The summed E-state index contributed by atoms with van der Waals surface area (Å²) in [6.45, 7) is 5.63. The molecule has 0 spiro atoms. The molecule has 1 N–H and O–H groups in total. The number of rotatable bonds is 10. The Kier molecular flexibility index (Phi) is 8.76. The highest BCUT2D eigenvalue weighted by Crippen LogP contribution is 2.23. The average molecular weight is 281 g/mol. The number of benzene rings is 1. The van der Waals surface area contributed by atoms with E-state index in [1.165, 1.54) is 36.3 Å². The smallest absolute Gasteiger partial charge is 0.119 e. The third-order valence-electron chi connectivity index (χ3n) is 3.18. The predicted molar refractivity (Wildman–Crippen MR) is 85.3 cm³/mol. The van der Waals surface area contributed by atoms with Crippen molar-refractivity contribution in [1.82, 2.24) is 5.32 Å². The lowest BCUT2D eigenvalue weighted by Crippen LogP contribution is -2.29. The van der Waals surface area contributed by atoms with Crippen LogP contribution in [0.4, 0.5) is 0 Å². The van der Waals surface area contributed by atoms with Crippen LogP contribution >= 0.6 is 11.8 Å². The van der Waals surface area contributed by atoms with Crippen LogP contribution in [0.1, 0.15) is 39.5 Å². The molecular weight excluding hydrogens is 254 g/mol.